The molecule has 0 aliphatic heterocycles. The highest BCUT2D eigenvalue weighted by molar-refractivity contribution is 6.31. The van der Waals surface area contributed by atoms with Crippen LogP contribution in [0.3, 0.4) is 0 Å². The molecule has 0 fully saturated rings. The van der Waals surface area contributed by atoms with Gasteiger partial charge in [0, 0.05) is 23.7 Å². The van der Waals surface area contributed by atoms with E-state index in [2.05, 4.69) is 18.2 Å². The number of nitrogens with zero attached hydrogens (tertiary/aromatic N) is 2. The molecule has 1 unspecified atom stereocenters. The summed E-state index contributed by atoms with van der Waals surface area (Å²) in [6.07, 6.45) is 4.85. The summed E-state index contributed by atoms with van der Waals surface area (Å²) in [4.78, 5) is 0. The number of aryl methyl sites for hydroxylation is 1. The highest BCUT2D eigenvalue weighted by atomic mass is 35.5. The molecule has 96 valence electrons. The Morgan fingerprint density at radius 2 is 2.17 bits per heavy atom. The van der Waals surface area contributed by atoms with Gasteiger partial charge in [-0.25, -0.2) is 0 Å². The first-order valence-electron chi connectivity index (χ1n) is 6.20. The first kappa shape index (κ1) is 13.1. The Kier molecular flexibility index (Phi) is 4.39. The van der Waals surface area contributed by atoms with Gasteiger partial charge in [0.15, 0.2) is 0 Å². The quantitative estimate of drug-likeness (QED) is 0.902. The highest BCUT2D eigenvalue weighted by Gasteiger charge is 2.14. The predicted molar refractivity (Wildman–Crippen MR) is 74.9 cm³/mol. The summed E-state index contributed by atoms with van der Waals surface area (Å²) < 4.78 is 1.93. The molecule has 2 rings (SSSR count). The Labute approximate surface area is 113 Å². The largest absolute Gasteiger partial charge is 0.330 e. The third kappa shape index (κ3) is 2.92. The van der Waals surface area contributed by atoms with Crippen molar-refractivity contribution in [3.8, 4) is 0 Å². The molecule has 1 aromatic carbocycles. The SMILES string of the molecule is CCn1cc(CC(CN)c2ccccc2Cl)cn1. The van der Waals surface area contributed by atoms with Crippen LogP contribution < -0.4 is 5.73 Å². The van der Waals surface area contributed by atoms with Crippen LogP contribution in [0.2, 0.25) is 5.02 Å². The number of hydrogen-bond donors (Lipinski definition) is 1. The first-order valence-corrected chi connectivity index (χ1v) is 6.58. The molecule has 3 nitrogen and oxygen atoms in total. The van der Waals surface area contributed by atoms with Gasteiger partial charge in [-0.05, 0) is 37.1 Å². The van der Waals surface area contributed by atoms with Crippen molar-refractivity contribution in [2.45, 2.75) is 25.8 Å². The van der Waals surface area contributed by atoms with Gasteiger partial charge < -0.3 is 5.73 Å². The Bertz CT molecular complexity index is 507. The van der Waals surface area contributed by atoms with Gasteiger partial charge in [0.2, 0.25) is 0 Å². The van der Waals surface area contributed by atoms with Crippen LogP contribution in [0.5, 0.6) is 0 Å². The van der Waals surface area contributed by atoms with E-state index in [0.29, 0.717) is 6.54 Å². The molecule has 1 aromatic heterocycles. The first-order chi connectivity index (χ1) is 8.74. The molecule has 2 aromatic rings. The van der Waals surface area contributed by atoms with Gasteiger partial charge in [0.25, 0.3) is 0 Å². The zero-order valence-corrected chi connectivity index (χ0v) is 11.3. The smallest absolute Gasteiger partial charge is 0.0521 e. The van der Waals surface area contributed by atoms with Crippen molar-refractivity contribution >= 4 is 11.6 Å². The number of benzene rings is 1. The maximum atomic E-state index is 6.22. The fourth-order valence-electron chi connectivity index (χ4n) is 2.10. The van der Waals surface area contributed by atoms with E-state index in [1.54, 1.807) is 0 Å². The third-order valence-electron chi connectivity index (χ3n) is 3.12. The maximum absolute atomic E-state index is 6.22. The van der Waals surface area contributed by atoms with Crippen LogP contribution >= 0.6 is 11.6 Å². The summed E-state index contributed by atoms with van der Waals surface area (Å²) in [6, 6.07) is 7.90. The van der Waals surface area contributed by atoms with Gasteiger partial charge in [0.1, 0.15) is 0 Å². The Hall–Kier alpha value is -1.32. The molecule has 0 saturated heterocycles. The topological polar surface area (TPSA) is 43.8 Å². The Balaban J connectivity index is 2.17. The molecule has 0 aliphatic rings. The lowest BCUT2D eigenvalue weighted by atomic mass is 9.93. The van der Waals surface area contributed by atoms with Gasteiger partial charge in [-0.2, -0.15) is 5.10 Å². The van der Waals surface area contributed by atoms with Crippen LogP contribution in [0, 0.1) is 0 Å². The lowest BCUT2D eigenvalue weighted by Crippen LogP contribution is -2.15. The minimum Gasteiger partial charge on any atom is -0.330 e. The fraction of sp³-hybridized carbons (Fsp3) is 0.357. The van der Waals surface area contributed by atoms with E-state index in [1.807, 2.05) is 35.1 Å². The molecule has 0 spiro atoms. The number of aromatic nitrogens is 2. The van der Waals surface area contributed by atoms with Crippen molar-refractivity contribution in [3.63, 3.8) is 0 Å². The molecular weight excluding hydrogens is 246 g/mol. The van der Waals surface area contributed by atoms with Crippen molar-refractivity contribution in [2.24, 2.45) is 5.73 Å². The van der Waals surface area contributed by atoms with Gasteiger partial charge in [-0.1, -0.05) is 29.8 Å². The zero-order chi connectivity index (χ0) is 13.0. The van der Waals surface area contributed by atoms with Gasteiger partial charge in [0.05, 0.1) is 6.20 Å². The van der Waals surface area contributed by atoms with Crippen molar-refractivity contribution in [2.75, 3.05) is 6.54 Å². The maximum Gasteiger partial charge on any atom is 0.0521 e. The standard InChI is InChI=1S/C14H18ClN3/c1-2-18-10-11(9-17-18)7-12(8-16)13-5-3-4-6-14(13)15/h3-6,9-10,12H,2,7-8,16H2,1H3. The number of halogens is 1. The summed E-state index contributed by atoms with van der Waals surface area (Å²) in [5.74, 6) is 0.244. The van der Waals surface area contributed by atoms with Crippen LogP contribution in [0.1, 0.15) is 24.0 Å². The van der Waals surface area contributed by atoms with E-state index in [0.717, 1.165) is 23.6 Å². The second kappa shape index (κ2) is 6.03. The van der Waals surface area contributed by atoms with Crippen molar-refractivity contribution in [3.05, 3.63) is 52.8 Å². The normalized spacial score (nSPS) is 12.6. The molecule has 0 amide bonds. The monoisotopic (exact) mass is 263 g/mol. The molecule has 1 heterocycles. The number of rotatable bonds is 5. The molecule has 0 bridgehead atoms. The average molecular weight is 264 g/mol. The minimum absolute atomic E-state index is 0.244. The van der Waals surface area contributed by atoms with E-state index in [1.165, 1.54) is 5.56 Å². The van der Waals surface area contributed by atoms with Gasteiger partial charge in [-0.3, -0.25) is 4.68 Å². The second-order valence-electron chi connectivity index (χ2n) is 4.36. The minimum atomic E-state index is 0.244. The molecular formula is C14H18ClN3. The lowest BCUT2D eigenvalue weighted by Gasteiger charge is -2.15. The molecule has 0 aliphatic carbocycles. The summed E-state index contributed by atoms with van der Waals surface area (Å²) >= 11 is 6.22. The molecule has 4 heteroatoms. The molecule has 0 saturated carbocycles. The van der Waals surface area contributed by atoms with Gasteiger partial charge >= 0.3 is 0 Å². The van der Waals surface area contributed by atoms with E-state index >= 15 is 0 Å². The van der Waals surface area contributed by atoms with Crippen molar-refractivity contribution < 1.29 is 0 Å². The van der Waals surface area contributed by atoms with Crippen LogP contribution in [0.25, 0.3) is 0 Å². The van der Waals surface area contributed by atoms with E-state index in [4.69, 9.17) is 17.3 Å². The van der Waals surface area contributed by atoms with Crippen LogP contribution in [0.4, 0.5) is 0 Å². The van der Waals surface area contributed by atoms with Crippen LogP contribution in [-0.2, 0) is 13.0 Å². The molecule has 2 N–H and O–H groups in total. The van der Waals surface area contributed by atoms with E-state index in [-0.39, 0.29) is 5.92 Å². The summed E-state index contributed by atoms with van der Waals surface area (Å²) in [5, 5.41) is 5.07. The third-order valence-corrected chi connectivity index (χ3v) is 3.47. The Morgan fingerprint density at radius 1 is 1.39 bits per heavy atom. The Morgan fingerprint density at radius 3 is 2.78 bits per heavy atom. The lowest BCUT2D eigenvalue weighted by molar-refractivity contribution is 0.656. The van der Waals surface area contributed by atoms with Crippen LogP contribution in [-0.4, -0.2) is 16.3 Å². The molecule has 0 radical (unpaired) electrons. The fourth-order valence-corrected chi connectivity index (χ4v) is 2.39. The summed E-state index contributed by atoms with van der Waals surface area (Å²) in [6.45, 7) is 3.55. The van der Waals surface area contributed by atoms with Crippen molar-refractivity contribution in [1.29, 1.82) is 0 Å². The highest BCUT2D eigenvalue weighted by Crippen LogP contribution is 2.26. The van der Waals surface area contributed by atoms with E-state index in [9.17, 15) is 0 Å². The molecule has 18 heavy (non-hydrogen) atoms. The van der Waals surface area contributed by atoms with Gasteiger partial charge in [-0.15, -0.1) is 0 Å². The van der Waals surface area contributed by atoms with E-state index < -0.39 is 0 Å². The number of nitrogens with two attached hydrogens (primary N) is 1. The second-order valence-corrected chi connectivity index (χ2v) is 4.77. The predicted octanol–water partition coefficient (Wildman–Crippen LogP) is 2.84. The van der Waals surface area contributed by atoms with Crippen molar-refractivity contribution in [1.82, 2.24) is 9.78 Å². The summed E-state index contributed by atoms with van der Waals surface area (Å²) in [7, 11) is 0. The molecule has 1 atom stereocenters. The average Bonchev–Trinajstić information content (AvgIpc) is 2.85. The zero-order valence-electron chi connectivity index (χ0n) is 10.5. The number of hydrogen-bond acceptors (Lipinski definition) is 2. The summed E-state index contributed by atoms with van der Waals surface area (Å²) in [5.41, 5.74) is 8.19. The van der Waals surface area contributed by atoms with Crippen LogP contribution in [0.15, 0.2) is 36.7 Å².